The van der Waals surface area contributed by atoms with Gasteiger partial charge in [0.25, 0.3) is 0 Å². The molecule has 25 heavy (non-hydrogen) atoms. The Bertz CT molecular complexity index is 892. The van der Waals surface area contributed by atoms with Crippen LogP contribution in [0.2, 0.25) is 0 Å². The van der Waals surface area contributed by atoms with E-state index in [0.717, 1.165) is 15.4 Å². The molecule has 0 unspecified atom stereocenters. The zero-order valence-electron chi connectivity index (χ0n) is 15.1. The van der Waals surface area contributed by atoms with Gasteiger partial charge in [0, 0.05) is 14.1 Å². The van der Waals surface area contributed by atoms with Crippen molar-refractivity contribution in [2.45, 2.75) is 31.1 Å². The number of hydrogen-bond donors (Lipinski definition) is 1. The molecule has 0 saturated heterocycles. The standard InChI is InChI=1S/C19H23NO4S/c1-19(2,3)14-8-6-13(7-9-14)16-11-10-15(12-17(16)18(21)22)25(23,24)20(4)5/h6-12H,1-5H3,(H,21,22). The largest absolute Gasteiger partial charge is 0.478 e. The van der Waals surface area contributed by atoms with Gasteiger partial charge in [-0.05, 0) is 34.2 Å². The van der Waals surface area contributed by atoms with E-state index in [-0.39, 0.29) is 15.9 Å². The molecule has 1 N–H and O–H groups in total. The smallest absolute Gasteiger partial charge is 0.336 e. The topological polar surface area (TPSA) is 74.7 Å². The first-order valence-corrected chi connectivity index (χ1v) is 9.29. The molecule has 0 heterocycles. The first-order chi connectivity index (χ1) is 11.4. The van der Waals surface area contributed by atoms with Crippen molar-refractivity contribution in [2.24, 2.45) is 0 Å². The summed E-state index contributed by atoms with van der Waals surface area (Å²) in [4.78, 5) is 11.6. The Morgan fingerprint density at radius 1 is 1.00 bits per heavy atom. The van der Waals surface area contributed by atoms with Crippen molar-refractivity contribution in [1.29, 1.82) is 0 Å². The fourth-order valence-corrected chi connectivity index (χ4v) is 3.40. The molecule has 2 aromatic carbocycles. The Morgan fingerprint density at radius 2 is 1.56 bits per heavy atom. The molecular weight excluding hydrogens is 338 g/mol. The summed E-state index contributed by atoms with van der Waals surface area (Å²) in [5, 5.41) is 9.53. The van der Waals surface area contributed by atoms with Gasteiger partial charge in [0.2, 0.25) is 10.0 Å². The third-order valence-electron chi connectivity index (χ3n) is 4.06. The Labute approximate surface area is 149 Å². The number of carbonyl (C=O) groups is 1. The Morgan fingerprint density at radius 3 is 2.00 bits per heavy atom. The quantitative estimate of drug-likeness (QED) is 0.903. The number of carboxylic acid groups (broad SMARTS) is 1. The van der Waals surface area contributed by atoms with E-state index in [1.165, 1.54) is 26.2 Å². The number of benzene rings is 2. The average Bonchev–Trinajstić information content (AvgIpc) is 2.53. The van der Waals surface area contributed by atoms with Crippen LogP contribution in [0.25, 0.3) is 11.1 Å². The normalized spacial score (nSPS) is 12.4. The highest BCUT2D eigenvalue weighted by atomic mass is 32.2. The second kappa shape index (κ2) is 6.61. The molecular formula is C19H23NO4S. The van der Waals surface area contributed by atoms with E-state index in [4.69, 9.17) is 0 Å². The van der Waals surface area contributed by atoms with Crippen LogP contribution in [0.15, 0.2) is 47.4 Å². The van der Waals surface area contributed by atoms with Crippen molar-refractivity contribution in [2.75, 3.05) is 14.1 Å². The molecule has 0 fully saturated rings. The molecule has 0 aliphatic rings. The van der Waals surface area contributed by atoms with E-state index in [1.54, 1.807) is 6.07 Å². The second-order valence-electron chi connectivity index (χ2n) is 7.13. The predicted octanol–water partition coefficient (Wildman–Crippen LogP) is 3.60. The summed E-state index contributed by atoms with van der Waals surface area (Å²) in [5.74, 6) is -1.16. The number of carboxylic acids is 1. The molecule has 0 aromatic heterocycles. The molecule has 6 heteroatoms. The van der Waals surface area contributed by atoms with Crippen LogP contribution in [-0.4, -0.2) is 37.9 Å². The Kier molecular flexibility index (Phi) is 5.06. The van der Waals surface area contributed by atoms with E-state index in [0.29, 0.717) is 5.56 Å². The number of nitrogens with zero attached hydrogens (tertiary/aromatic N) is 1. The van der Waals surface area contributed by atoms with Crippen LogP contribution in [0.3, 0.4) is 0 Å². The van der Waals surface area contributed by atoms with Crippen molar-refractivity contribution in [1.82, 2.24) is 4.31 Å². The van der Waals surface area contributed by atoms with E-state index >= 15 is 0 Å². The minimum Gasteiger partial charge on any atom is -0.478 e. The van der Waals surface area contributed by atoms with E-state index in [1.807, 2.05) is 24.3 Å². The summed E-state index contributed by atoms with van der Waals surface area (Å²) >= 11 is 0. The van der Waals surface area contributed by atoms with Crippen LogP contribution in [0.4, 0.5) is 0 Å². The van der Waals surface area contributed by atoms with Gasteiger partial charge in [0.05, 0.1) is 10.5 Å². The van der Waals surface area contributed by atoms with Crippen LogP contribution < -0.4 is 0 Å². The highest BCUT2D eigenvalue weighted by molar-refractivity contribution is 7.89. The van der Waals surface area contributed by atoms with Gasteiger partial charge in [-0.3, -0.25) is 0 Å². The zero-order valence-corrected chi connectivity index (χ0v) is 15.9. The molecule has 5 nitrogen and oxygen atoms in total. The molecule has 0 aliphatic heterocycles. The van der Waals surface area contributed by atoms with Crippen LogP contribution in [0.5, 0.6) is 0 Å². The molecule has 2 rings (SSSR count). The first-order valence-electron chi connectivity index (χ1n) is 7.85. The minimum atomic E-state index is -3.69. The van der Waals surface area contributed by atoms with Gasteiger partial charge in [0.1, 0.15) is 0 Å². The predicted molar refractivity (Wildman–Crippen MR) is 98.4 cm³/mol. The maximum Gasteiger partial charge on any atom is 0.336 e. The van der Waals surface area contributed by atoms with Crippen molar-refractivity contribution >= 4 is 16.0 Å². The van der Waals surface area contributed by atoms with Gasteiger partial charge in [-0.25, -0.2) is 17.5 Å². The van der Waals surface area contributed by atoms with Crippen LogP contribution in [0.1, 0.15) is 36.7 Å². The Balaban J connectivity index is 2.58. The lowest BCUT2D eigenvalue weighted by atomic mass is 9.86. The maximum absolute atomic E-state index is 12.2. The molecule has 0 amide bonds. The summed E-state index contributed by atoms with van der Waals surface area (Å²) in [7, 11) is -0.865. The van der Waals surface area contributed by atoms with Crippen molar-refractivity contribution < 1.29 is 18.3 Å². The summed E-state index contributed by atoms with van der Waals surface area (Å²) in [5.41, 5.74) is 2.33. The van der Waals surface area contributed by atoms with Crippen LogP contribution >= 0.6 is 0 Å². The monoisotopic (exact) mass is 361 g/mol. The highest BCUT2D eigenvalue weighted by Gasteiger charge is 2.22. The molecule has 0 bridgehead atoms. The molecule has 2 aromatic rings. The third-order valence-corrected chi connectivity index (χ3v) is 5.87. The molecule has 0 saturated carbocycles. The minimum absolute atomic E-state index is 0.00218. The summed E-state index contributed by atoms with van der Waals surface area (Å²) in [6.45, 7) is 6.31. The lowest BCUT2D eigenvalue weighted by molar-refractivity contribution is 0.0697. The fraction of sp³-hybridized carbons (Fsp3) is 0.316. The van der Waals surface area contributed by atoms with Gasteiger partial charge in [-0.2, -0.15) is 0 Å². The third kappa shape index (κ3) is 3.91. The molecule has 0 atom stereocenters. The van der Waals surface area contributed by atoms with Gasteiger partial charge in [-0.15, -0.1) is 0 Å². The van der Waals surface area contributed by atoms with Crippen molar-refractivity contribution in [3.8, 4) is 11.1 Å². The lowest BCUT2D eigenvalue weighted by Crippen LogP contribution is -2.22. The first kappa shape index (κ1) is 19.1. The summed E-state index contributed by atoms with van der Waals surface area (Å²) in [6, 6.07) is 11.9. The lowest BCUT2D eigenvalue weighted by Gasteiger charge is -2.19. The van der Waals surface area contributed by atoms with Gasteiger partial charge < -0.3 is 5.11 Å². The maximum atomic E-state index is 12.2. The van der Waals surface area contributed by atoms with Gasteiger partial charge >= 0.3 is 5.97 Å². The second-order valence-corrected chi connectivity index (χ2v) is 9.28. The van der Waals surface area contributed by atoms with Crippen molar-refractivity contribution in [3.05, 3.63) is 53.6 Å². The van der Waals surface area contributed by atoms with Crippen LogP contribution in [0, 0.1) is 0 Å². The summed E-state index contributed by atoms with van der Waals surface area (Å²) in [6.07, 6.45) is 0. The zero-order chi connectivity index (χ0) is 19.0. The van der Waals surface area contributed by atoms with E-state index in [9.17, 15) is 18.3 Å². The number of aromatic carboxylic acids is 1. The molecule has 0 aliphatic carbocycles. The van der Waals surface area contributed by atoms with Crippen molar-refractivity contribution in [3.63, 3.8) is 0 Å². The average molecular weight is 361 g/mol. The Hall–Kier alpha value is -2.18. The number of hydrogen-bond acceptors (Lipinski definition) is 3. The van der Waals surface area contributed by atoms with E-state index < -0.39 is 16.0 Å². The fourth-order valence-electron chi connectivity index (χ4n) is 2.47. The van der Waals surface area contributed by atoms with Gasteiger partial charge in [-0.1, -0.05) is 51.1 Å². The molecule has 0 spiro atoms. The van der Waals surface area contributed by atoms with Gasteiger partial charge in [0.15, 0.2) is 0 Å². The molecule has 134 valence electrons. The SMILES string of the molecule is CN(C)S(=O)(=O)c1ccc(-c2ccc(C(C)(C)C)cc2)c(C(=O)O)c1. The molecule has 0 radical (unpaired) electrons. The number of rotatable bonds is 4. The summed E-state index contributed by atoms with van der Waals surface area (Å²) < 4.78 is 25.5. The van der Waals surface area contributed by atoms with Crippen LogP contribution in [-0.2, 0) is 15.4 Å². The number of sulfonamides is 1. The highest BCUT2D eigenvalue weighted by Crippen LogP contribution is 2.30. The van der Waals surface area contributed by atoms with E-state index in [2.05, 4.69) is 20.8 Å².